The van der Waals surface area contributed by atoms with Gasteiger partial charge in [0.2, 0.25) is 0 Å². The van der Waals surface area contributed by atoms with E-state index >= 15 is 0 Å². The summed E-state index contributed by atoms with van der Waals surface area (Å²) in [5, 5.41) is 2.89. The van der Waals surface area contributed by atoms with Crippen LogP contribution in [0.15, 0.2) is 42.5 Å². The smallest absolute Gasteiger partial charge is 0.251 e. The summed E-state index contributed by atoms with van der Waals surface area (Å²) < 4.78 is 24.0. The van der Waals surface area contributed by atoms with Gasteiger partial charge >= 0.3 is 0 Å². The number of halogens is 1. The van der Waals surface area contributed by atoms with Gasteiger partial charge in [-0.1, -0.05) is 12.1 Å². The summed E-state index contributed by atoms with van der Waals surface area (Å²) in [5.41, 5.74) is 1.32. The van der Waals surface area contributed by atoms with E-state index in [4.69, 9.17) is 9.47 Å². The van der Waals surface area contributed by atoms with Crippen molar-refractivity contribution in [2.45, 2.75) is 26.8 Å². The van der Waals surface area contributed by atoms with Crippen molar-refractivity contribution in [3.63, 3.8) is 0 Å². The van der Waals surface area contributed by atoms with E-state index in [1.165, 1.54) is 12.1 Å². The van der Waals surface area contributed by atoms with Crippen molar-refractivity contribution in [1.29, 1.82) is 0 Å². The molecule has 0 saturated carbocycles. The summed E-state index contributed by atoms with van der Waals surface area (Å²) in [5.74, 6) is 0.630. The third-order valence-electron chi connectivity index (χ3n) is 3.52. The fourth-order valence-electron chi connectivity index (χ4n) is 2.31. The van der Waals surface area contributed by atoms with E-state index in [0.29, 0.717) is 30.3 Å². The molecule has 1 atom stereocenters. The third kappa shape index (κ3) is 4.47. The molecule has 0 aromatic heterocycles. The fourth-order valence-corrected chi connectivity index (χ4v) is 2.31. The van der Waals surface area contributed by atoms with E-state index < -0.39 is 0 Å². The number of amides is 1. The van der Waals surface area contributed by atoms with Crippen LogP contribution < -0.4 is 14.8 Å². The molecule has 2 rings (SSSR count). The molecule has 0 aliphatic carbocycles. The van der Waals surface area contributed by atoms with Gasteiger partial charge in [-0.3, -0.25) is 4.79 Å². The zero-order chi connectivity index (χ0) is 17.5. The van der Waals surface area contributed by atoms with Crippen molar-refractivity contribution in [3.05, 3.63) is 59.4 Å². The van der Waals surface area contributed by atoms with Crippen LogP contribution in [0.25, 0.3) is 0 Å². The molecule has 1 N–H and O–H groups in total. The van der Waals surface area contributed by atoms with Crippen LogP contribution in [0.2, 0.25) is 0 Å². The summed E-state index contributed by atoms with van der Waals surface area (Å²) in [6, 6.07) is 10.9. The van der Waals surface area contributed by atoms with Crippen molar-refractivity contribution in [1.82, 2.24) is 5.32 Å². The van der Waals surface area contributed by atoms with Gasteiger partial charge in [0.05, 0.1) is 19.3 Å². The van der Waals surface area contributed by atoms with E-state index in [-0.39, 0.29) is 17.8 Å². The average molecular weight is 331 g/mol. The maximum Gasteiger partial charge on any atom is 0.251 e. The molecule has 2 aromatic rings. The normalized spacial score (nSPS) is 11.7. The van der Waals surface area contributed by atoms with E-state index in [0.717, 1.165) is 5.56 Å². The first-order valence-electron chi connectivity index (χ1n) is 8.01. The van der Waals surface area contributed by atoms with Crippen LogP contribution in [0, 0.1) is 5.82 Å². The number of benzene rings is 2. The second-order valence-electron chi connectivity index (χ2n) is 5.27. The Morgan fingerprint density at radius 2 is 1.67 bits per heavy atom. The zero-order valence-electron chi connectivity index (χ0n) is 14.1. The molecule has 5 heteroatoms. The first-order chi connectivity index (χ1) is 11.5. The lowest BCUT2D eigenvalue weighted by atomic mass is 10.1. The Balaban J connectivity index is 2.13. The SMILES string of the molecule is CCOc1ccc(C(=O)N[C@@H](C)c2ccc(F)cc2)cc1OCC. The minimum atomic E-state index is -0.301. The molecule has 128 valence electrons. The molecule has 0 saturated heterocycles. The van der Waals surface area contributed by atoms with Gasteiger partial charge in [0.25, 0.3) is 5.91 Å². The highest BCUT2D eigenvalue weighted by atomic mass is 19.1. The highest BCUT2D eigenvalue weighted by Gasteiger charge is 2.14. The summed E-state index contributed by atoms with van der Waals surface area (Å²) in [6.07, 6.45) is 0. The van der Waals surface area contributed by atoms with E-state index in [2.05, 4.69) is 5.32 Å². The Hall–Kier alpha value is -2.56. The lowest BCUT2D eigenvalue weighted by Crippen LogP contribution is -2.26. The van der Waals surface area contributed by atoms with Gasteiger partial charge in [0.1, 0.15) is 5.82 Å². The molecule has 0 fully saturated rings. The number of ether oxygens (including phenoxy) is 2. The molecular weight excluding hydrogens is 309 g/mol. The second kappa shape index (κ2) is 8.34. The van der Waals surface area contributed by atoms with Gasteiger partial charge in [0, 0.05) is 5.56 Å². The summed E-state index contributed by atoms with van der Waals surface area (Å²) >= 11 is 0. The van der Waals surface area contributed by atoms with Crippen LogP contribution in [0.4, 0.5) is 4.39 Å². The second-order valence-corrected chi connectivity index (χ2v) is 5.27. The van der Waals surface area contributed by atoms with Crippen molar-refractivity contribution >= 4 is 5.91 Å². The predicted molar refractivity (Wildman–Crippen MR) is 91.1 cm³/mol. The lowest BCUT2D eigenvalue weighted by Gasteiger charge is -2.16. The first kappa shape index (κ1) is 17.8. The molecule has 0 aliphatic heterocycles. The number of hydrogen-bond acceptors (Lipinski definition) is 3. The molecule has 0 aliphatic rings. The van der Waals surface area contributed by atoms with Crippen LogP contribution in [0.1, 0.15) is 42.7 Å². The maximum atomic E-state index is 13.0. The monoisotopic (exact) mass is 331 g/mol. The average Bonchev–Trinajstić information content (AvgIpc) is 2.57. The van der Waals surface area contributed by atoms with Crippen molar-refractivity contribution in [3.8, 4) is 11.5 Å². The lowest BCUT2D eigenvalue weighted by molar-refractivity contribution is 0.0939. The molecule has 4 nitrogen and oxygen atoms in total. The van der Waals surface area contributed by atoms with Crippen LogP contribution in [-0.4, -0.2) is 19.1 Å². The van der Waals surface area contributed by atoms with E-state index in [1.54, 1.807) is 30.3 Å². The molecule has 0 unspecified atom stereocenters. The fraction of sp³-hybridized carbons (Fsp3) is 0.316. The Kier molecular flexibility index (Phi) is 6.18. The van der Waals surface area contributed by atoms with Gasteiger partial charge in [-0.25, -0.2) is 4.39 Å². The summed E-state index contributed by atoms with van der Waals surface area (Å²) in [6.45, 7) is 6.62. The Bertz CT molecular complexity index is 686. The number of carbonyl (C=O) groups excluding carboxylic acids is 1. The predicted octanol–water partition coefficient (Wildman–Crippen LogP) is 4.11. The van der Waals surface area contributed by atoms with Crippen molar-refractivity contribution in [2.24, 2.45) is 0 Å². The largest absolute Gasteiger partial charge is 0.490 e. The third-order valence-corrected chi connectivity index (χ3v) is 3.52. The molecule has 1 amide bonds. The number of nitrogens with one attached hydrogen (secondary N) is 1. The van der Waals surface area contributed by atoms with Gasteiger partial charge in [-0.2, -0.15) is 0 Å². The highest BCUT2D eigenvalue weighted by Crippen LogP contribution is 2.28. The number of rotatable bonds is 7. The first-order valence-corrected chi connectivity index (χ1v) is 8.01. The van der Waals surface area contributed by atoms with Crippen LogP contribution in [0.3, 0.4) is 0 Å². The Morgan fingerprint density at radius 1 is 1.04 bits per heavy atom. The van der Waals surface area contributed by atoms with Crippen molar-refractivity contribution in [2.75, 3.05) is 13.2 Å². The number of hydrogen-bond donors (Lipinski definition) is 1. The molecule has 24 heavy (non-hydrogen) atoms. The van der Waals surface area contributed by atoms with Gasteiger partial charge in [0.15, 0.2) is 11.5 Å². The van der Waals surface area contributed by atoms with Crippen LogP contribution >= 0.6 is 0 Å². The van der Waals surface area contributed by atoms with Gasteiger partial charge in [-0.05, 0) is 56.7 Å². The molecule has 0 heterocycles. The molecular formula is C19H22FNO3. The van der Waals surface area contributed by atoms with Crippen LogP contribution in [0.5, 0.6) is 11.5 Å². The maximum absolute atomic E-state index is 13.0. The molecule has 2 aromatic carbocycles. The topological polar surface area (TPSA) is 47.6 Å². The molecule has 0 radical (unpaired) electrons. The van der Waals surface area contributed by atoms with Crippen molar-refractivity contribution < 1.29 is 18.7 Å². The van der Waals surface area contributed by atoms with Gasteiger partial charge in [-0.15, -0.1) is 0 Å². The number of carbonyl (C=O) groups is 1. The van der Waals surface area contributed by atoms with Gasteiger partial charge < -0.3 is 14.8 Å². The summed E-state index contributed by atoms with van der Waals surface area (Å²) in [7, 11) is 0. The molecule has 0 bridgehead atoms. The van der Waals surface area contributed by atoms with E-state index in [9.17, 15) is 9.18 Å². The minimum Gasteiger partial charge on any atom is -0.490 e. The Labute approximate surface area is 141 Å². The molecule has 0 spiro atoms. The quantitative estimate of drug-likeness (QED) is 0.830. The standard InChI is InChI=1S/C19H22FNO3/c1-4-23-17-11-8-15(12-18(17)24-5-2)19(22)21-13(3)14-6-9-16(20)10-7-14/h6-13H,4-5H2,1-3H3,(H,21,22)/t13-/m0/s1. The van der Waals surface area contributed by atoms with Crippen LogP contribution in [-0.2, 0) is 0 Å². The zero-order valence-corrected chi connectivity index (χ0v) is 14.1. The highest BCUT2D eigenvalue weighted by molar-refractivity contribution is 5.95. The Morgan fingerprint density at radius 3 is 2.29 bits per heavy atom. The minimum absolute atomic E-state index is 0.226. The van der Waals surface area contributed by atoms with E-state index in [1.807, 2.05) is 20.8 Å². The summed E-state index contributed by atoms with van der Waals surface area (Å²) in [4.78, 5) is 12.4.